The Bertz CT molecular complexity index is 1140. The van der Waals surface area contributed by atoms with Crippen molar-refractivity contribution in [2.45, 2.75) is 13.8 Å². The Labute approximate surface area is 174 Å². The van der Waals surface area contributed by atoms with Gasteiger partial charge < -0.3 is 25.9 Å². The van der Waals surface area contributed by atoms with E-state index >= 15 is 0 Å². The van der Waals surface area contributed by atoms with Gasteiger partial charge in [0.15, 0.2) is 0 Å². The Hall–Kier alpha value is -3.81. The predicted octanol–water partition coefficient (Wildman–Crippen LogP) is 3.01. The number of rotatable bonds is 7. The lowest BCUT2D eigenvalue weighted by molar-refractivity contribution is 0.271. The lowest BCUT2D eigenvalue weighted by Gasteiger charge is -2.16. The van der Waals surface area contributed by atoms with Crippen molar-refractivity contribution in [1.82, 2.24) is 9.97 Å². The van der Waals surface area contributed by atoms with Crippen LogP contribution < -0.4 is 26.6 Å². The Morgan fingerprint density at radius 2 is 1.93 bits per heavy atom. The number of aromatic nitrogens is 2. The molecule has 0 saturated carbocycles. The summed E-state index contributed by atoms with van der Waals surface area (Å²) in [7, 11) is 1.56. The maximum atomic E-state index is 12.4. The van der Waals surface area contributed by atoms with Gasteiger partial charge in [-0.25, -0.2) is 4.79 Å². The third-order valence-corrected chi connectivity index (χ3v) is 4.43. The number of aromatic amines is 1. The van der Waals surface area contributed by atoms with Gasteiger partial charge >= 0.3 is 5.69 Å². The SMILES string of the molecule is COc1cccc(OCC(C)C)c1-c1cc(-c2ccc(N)c(C(=N)N)c2)nc(=O)[nH]1. The van der Waals surface area contributed by atoms with E-state index in [-0.39, 0.29) is 5.84 Å². The van der Waals surface area contributed by atoms with Crippen molar-refractivity contribution in [2.75, 3.05) is 19.5 Å². The quantitative estimate of drug-likeness (QED) is 0.270. The van der Waals surface area contributed by atoms with Crippen LogP contribution in [0.15, 0.2) is 47.3 Å². The summed E-state index contributed by atoms with van der Waals surface area (Å²) in [4.78, 5) is 19.2. The smallest absolute Gasteiger partial charge is 0.345 e. The molecule has 8 heteroatoms. The molecule has 1 aromatic heterocycles. The lowest BCUT2D eigenvalue weighted by atomic mass is 10.0. The summed E-state index contributed by atoms with van der Waals surface area (Å²) in [6, 6.07) is 12.2. The van der Waals surface area contributed by atoms with Gasteiger partial charge in [0.1, 0.15) is 17.3 Å². The van der Waals surface area contributed by atoms with Crippen LogP contribution in [0, 0.1) is 11.3 Å². The average Bonchev–Trinajstić information content (AvgIpc) is 2.71. The number of anilines is 1. The molecule has 3 aromatic rings. The minimum atomic E-state index is -0.524. The third kappa shape index (κ3) is 4.43. The molecule has 0 radical (unpaired) electrons. The topological polar surface area (TPSA) is 140 Å². The molecule has 156 valence electrons. The highest BCUT2D eigenvalue weighted by Gasteiger charge is 2.17. The zero-order valence-corrected chi connectivity index (χ0v) is 17.2. The van der Waals surface area contributed by atoms with Crippen molar-refractivity contribution in [3.8, 4) is 34.0 Å². The fourth-order valence-electron chi connectivity index (χ4n) is 3.01. The average molecular weight is 407 g/mol. The van der Waals surface area contributed by atoms with E-state index in [1.54, 1.807) is 37.4 Å². The van der Waals surface area contributed by atoms with Crippen molar-refractivity contribution in [1.29, 1.82) is 5.41 Å². The summed E-state index contributed by atoms with van der Waals surface area (Å²) in [5.74, 6) is 1.33. The number of methoxy groups -OCH3 is 1. The van der Waals surface area contributed by atoms with E-state index in [2.05, 4.69) is 23.8 Å². The highest BCUT2D eigenvalue weighted by molar-refractivity contribution is 6.01. The first-order valence-electron chi connectivity index (χ1n) is 9.46. The third-order valence-electron chi connectivity index (χ3n) is 4.43. The van der Waals surface area contributed by atoms with Crippen molar-refractivity contribution in [3.05, 3.63) is 58.5 Å². The predicted molar refractivity (Wildman–Crippen MR) is 118 cm³/mol. The molecule has 1 heterocycles. The molecule has 8 nitrogen and oxygen atoms in total. The Kier molecular flexibility index (Phi) is 6.06. The maximum Gasteiger partial charge on any atom is 0.345 e. The van der Waals surface area contributed by atoms with E-state index in [1.807, 2.05) is 12.1 Å². The Balaban J connectivity index is 2.16. The van der Waals surface area contributed by atoms with E-state index in [1.165, 1.54) is 0 Å². The zero-order valence-electron chi connectivity index (χ0n) is 17.2. The molecule has 0 fully saturated rings. The van der Waals surface area contributed by atoms with Gasteiger partial charge in [0.2, 0.25) is 0 Å². The number of ether oxygens (including phenoxy) is 2. The molecule has 0 aliphatic heterocycles. The van der Waals surface area contributed by atoms with Gasteiger partial charge in [0, 0.05) is 16.8 Å². The monoisotopic (exact) mass is 407 g/mol. The molecule has 0 atom stereocenters. The van der Waals surface area contributed by atoms with Gasteiger partial charge in [-0.05, 0) is 36.2 Å². The number of hydrogen-bond acceptors (Lipinski definition) is 6. The summed E-state index contributed by atoms with van der Waals surface area (Å²) in [5, 5.41) is 7.69. The number of nitrogens with one attached hydrogen (secondary N) is 2. The molecule has 6 N–H and O–H groups in total. The van der Waals surface area contributed by atoms with E-state index in [4.69, 9.17) is 26.4 Å². The summed E-state index contributed by atoms with van der Waals surface area (Å²) in [5.41, 5.74) is 13.9. The highest BCUT2D eigenvalue weighted by atomic mass is 16.5. The van der Waals surface area contributed by atoms with Crippen molar-refractivity contribution < 1.29 is 9.47 Å². The van der Waals surface area contributed by atoms with Crippen LogP contribution in [0.4, 0.5) is 5.69 Å². The number of hydrogen-bond donors (Lipinski definition) is 4. The zero-order chi connectivity index (χ0) is 21.8. The first kappa shape index (κ1) is 20.9. The van der Waals surface area contributed by atoms with Gasteiger partial charge in [-0.15, -0.1) is 0 Å². The molecule has 0 aliphatic rings. The fourth-order valence-corrected chi connectivity index (χ4v) is 3.01. The van der Waals surface area contributed by atoms with E-state index < -0.39 is 5.69 Å². The summed E-state index contributed by atoms with van der Waals surface area (Å²) >= 11 is 0. The lowest BCUT2D eigenvalue weighted by Crippen LogP contribution is -2.15. The molecule has 0 amide bonds. The standard InChI is InChI=1S/C22H25N5O3/c1-12(2)11-30-19-6-4-5-18(29-3)20(19)17-10-16(26-22(28)27-17)13-7-8-15(23)14(9-13)21(24)25/h4-10,12H,11,23H2,1-3H3,(H3,24,25)(H,26,27,28). The molecule has 0 spiro atoms. The van der Waals surface area contributed by atoms with Crippen LogP contribution in [0.1, 0.15) is 19.4 Å². The first-order chi connectivity index (χ1) is 14.3. The van der Waals surface area contributed by atoms with Crippen LogP contribution in [0.25, 0.3) is 22.5 Å². The van der Waals surface area contributed by atoms with Crippen LogP contribution >= 0.6 is 0 Å². The van der Waals surface area contributed by atoms with E-state index in [9.17, 15) is 4.79 Å². The second-order valence-corrected chi connectivity index (χ2v) is 7.24. The Morgan fingerprint density at radius 1 is 1.20 bits per heavy atom. The molecule has 0 saturated heterocycles. The number of H-pyrrole nitrogens is 1. The molecule has 0 bridgehead atoms. The van der Waals surface area contributed by atoms with E-state index in [0.717, 1.165) is 0 Å². The number of benzene rings is 2. The van der Waals surface area contributed by atoms with Crippen molar-refractivity contribution in [3.63, 3.8) is 0 Å². The minimum Gasteiger partial charge on any atom is -0.496 e. The second-order valence-electron chi connectivity index (χ2n) is 7.24. The van der Waals surface area contributed by atoms with Gasteiger partial charge in [0.25, 0.3) is 0 Å². The summed E-state index contributed by atoms with van der Waals surface area (Å²) in [6.45, 7) is 4.63. The number of nitrogen functional groups attached to an aromatic ring is 2. The second kappa shape index (κ2) is 8.69. The number of nitrogens with two attached hydrogens (primary N) is 2. The minimum absolute atomic E-state index is 0.159. The normalized spacial score (nSPS) is 10.8. The Morgan fingerprint density at radius 3 is 2.60 bits per heavy atom. The first-order valence-corrected chi connectivity index (χ1v) is 9.46. The van der Waals surface area contributed by atoms with Gasteiger partial charge in [0.05, 0.1) is 30.7 Å². The summed E-state index contributed by atoms with van der Waals surface area (Å²) in [6.07, 6.45) is 0. The molecule has 0 unspecified atom stereocenters. The molecular formula is C22H25N5O3. The van der Waals surface area contributed by atoms with Crippen molar-refractivity contribution >= 4 is 11.5 Å². The van der Waals surface area contributed by atoms with Gasteiger partial charge in [-0.3, -0.25) is 5.41 Å². The highest BCUT2D eigenvalue weighted by Crippen LogP contribution is 2.38. The van der Waals surface area contributed by atoms with Crippen LogP contribution in [0.2, 0.25) is 0 Å². The molecule has 2 aromatic carbocycles. The largest absolute Gasteiger partial charge is 0.496 e. The van der Waals surface area contributed by atoms with Crippen LogP contribution in [-0.2, 0) is 0 Å². The maximum absolute atomic E-state index is 12.4. The number of amidine groups is 1. The van der Waals surface area contributed by atoms with E-state index in [0.29, 0.717) is 57.8 Å². The fraction of sp³-hybridized carbons (Fsp3) is 0.227. The molecule has 0 aliphatic carbocycles. The van der Waals surface area contributed by atoms with Crippen molar-refractivity contribution in [2.24, 2.45) is 11.7 Å². The van der Waals surface area contributed by atoms with Gasteiger partial charge in [-0.1, -0.05) is 26.0 Å². The van der Waals surface area contributed by atoms with Crippen LogP contribution in [-0.4, -0.2) is 29.5 Å². The van der Waals surface area contributed by atoms with Crippen LogP contribution in [0.3, 0.4) is 0 Å². The van der Waals surface area contributed by atoms with Gasteiger partial charge in [-0.2, -0.15) is 4.98 Å². The summed E-state index contributed by atoms with van der Waals surface area (Å²) < 4.78 is 11.5. The molecule has 3 rings (SSSR count). The van der Waals surface area contributed by atoms with Crippen LogP contribution in [0.5, 0.6) is 11.5 Å². The molecular weight excluding hydrogens is 382 g/mol. The number of nitrogens with zero attached hydrogens (tertiary/aromatic N) is 1. The molecule has 30 heavy (non-hydrogen) atoms.